The molecule has 0 aliphatic carbocycles. The molecule has 1 aliphatic heterocycles. The van der Waals surface area contributed by atoms with Crippen molar-refractivity contribution in [1.82, 2.24) is 4.90 Å². The van der Waals surface area contributed by atoms with Crippen LogP contribution in [0.3, 0.4) is 0 Å². The van der Waals surface area contributed by atoms with Crippen LogP contribution < -0.4 is 19.5 Å². The quantitative estimate of drug-likeness (QED) is 0.676. The molecule has 8 nitrogen and oxygen atoms in total. The summed E-state index contributed by atoms with van der Waals surface area (Å²) in [6.07, 6.45) is 1.55. The zero-order chi connectivity index (χ0) is 21.7. The van der Waals surface area contributed by atoms with Crippen LogP contribution >= 0.6 is 11.8 Å². The summed E-state index contributed by atoms with van der Waals surface area (Å²) in [7, 11) is 4.55. The van der Waals surface area contributed by atoms with Gasteiger partial charge in [-0.15, -0.1) is 0 Å². The van der Waals surface area contributed by atoms with Gasteiger partial charge in [0.2, 0.25) is 5.91 Å². The highest BCUT2D eigenvalue weighted by Gasteiger charge is 2.36. The standard InChI is InChI=1S/C21H20N2O6S/c1-27-15-9-7-14(8-10-15)22-18(24)12-23-20(25)17(30-21(23)26)11-13-5-4-6-16(28-2)19(13)29-3/h4-11H,12H2,1-3H3,(H,22,24)/b17-11+. The second-order valence-electron chi connectivity index (χ2n) is 6.13. The Kier molecular flexibility index (Phi) is 6.63. The molecule has 156 valence electrons. The van der Waals surface area contributed by atoms with Gasteiger partial charge in [-0.1, -0.05) is 12.1 Å². The first-order chi connectivity index (χ1) is 14.5. The molecular formula is C21H20N2O6S. The minimum absolute atomic E-state index is 0.198. The molecule has 1 aliphatic rings. The van der Waals surface area contributed by atoms with E-state index < -0.39 is 17.1 Å². The number of benzene rings is 2. The van der Waals surface area contributed by atoms with E-state index in [2.05, 4.69) is 5.32 Å². The number of rotatable bonds is 7. The van der Waals surface area contributed by atoms with Gasteiger partial charge in [-0.2, -0.15) is 0 Å². The van der Waals surface area contributed by atoms with Gasteiger partial charge in [0.1, 0.15) is 12.3 Å². The molecule has 0 aromatic heterocycles. The summed E-state index contributed by atoms with van der Waals surface area (Å²) in [6, 6.07) is 11.9. The predicted molar refractivity (Wildman–Crippen MR) is 114 cm³/mol. The van der Waals surface area contributed by atoms with E-state index in [1.165, 1.54) is 14.2 Å². The van der Waals surface area contributed by atoms with E-state index in [1.54, 1.807) is 55.7 Å². The summed E-state index contributed by atoms with van der Waals surface area (Å²) in [5, 5.41) is 2.14. The fourth-order valence-corrected chi connectivity index (χ4v) is 3.65. The van der Waals surface area contributed by atoms with Crippen LogP contribution in [0.1, 0.15) is 5.56 Å². The van der Waals surface area contributed by atoms with Crippen LogP contribution in [0.2, 0.25) is 0 Å². The maximum atomic E-state index is 12.7. The highest BCUT2D eigenvalue weighted by Crippen LogP contribution is 2.37. The van der Waals surface area contributed by atoms with Crippen molar-refractivity contribution in [3.05, 3.63) is 52.9 Å². The van der Waals surface area contributed by atoms with Gasteiger partial charge in [0.05, 0.1) is 26.2 Å². The largest absolute Gasteiger partial charge is 0.497 e. The molecule has 1 N–H and O–H groups in total. The van der Waals surface area contributed by atoms with Crippen LogP contribution in [-0.4, -0.2) is 49.8 Å². The van der Waals surface area contributed by atoms with E-state index in [-0.39, 0.29) is 11.4 Å². The molecule has 2 aromatic rings. The molecule has 2 aromatic carbocycles. The van der Waals surface area contributed by atoms with E-state index in [0.717, 1.165) is 16.7 Å². The summed E-state index contributed by atoms with van der Waals surface area (Å²) in [4.78, 5) is 38.4. The lowest BCUT2D eigenvalue weighted by Gasteiger charge is -2.13. The van der Waals surface area contributed by atoms with E-state index in [9.17, 15) is 14.4 Å². The van der Waals surface area contributed by atoms with Crippen molar-refractivity contribution in [3.63, 3.8) is 0 Å². The highest BCUT2D eigenvalue weighted by molar-refractivity contribution is 8.18. The van der Waals surface area contributed by atoms with E-state index in [1.807, 2.05) is 0 Å². The predicted octanol–water partition coefficient (Wildman–Crippen LogP) is 3.39. The number of nitrogens with zero attached hydrogens (tertiary/aromatic N) is 1. The number of ether oxygens (including phenoxy) is 3. The smallest absolute Gasteiger partial charge is 0.294 e. The second kappa shape index (κ2) is 9.36. The van der Waals surface area contributed by atoms with Crippen molar-refractivity contribution < 1.29 is 28.6 Å². The van der Waals surface area contributed by atoms with E-state index in [4.69, 9.17) is 14.2 Å². The molecule has 3 amide bonds. The van der Waals surface area contributed by atoms with Gasteiger partial charge in [0.15, 0.2) is 11.5 Å². The van der Waals surface area contributed by atoms with Crippen molar-refractivity contribution in [2.75, 3.05) is 33.2 Å². The van der Waals surface area contributed by atoms with Crippen LogP contribution in [-0.2, 0) is 9.59 Å². The highest BCUT2D eigenvalue weighted by atomic mass is 32.2. The Labute approximate surface area is 177 Å². The number of nitrogens with one attached hydrogen (secondary N) is 1. The number of carbonyl (C=O) groups is 3. The molecule has 0 radical (unpaired) electrons. The normalized spacial score (nSPS) is 14.8. The Morgan fingerprint density at radius 3 is 2.40 bits per heavy atom. The Hall–Kier alpha value is -3.46. The van der Waals surface area contributed by atoms with E-state index in [0.29, 0.717) is 28.5 Å². The van der Waals surface area contributed by atoms with Gasteiger partial charge in [-0.3, -0.25) is 19.3 Å². The molecule has 9 heteroatoms. The molecule has 1 heterocycles. The van der Waals surface area contributed by atoms with Crippen molar-refractivity contribution in [3.8, 4) is 17.2 Å². The Bertz CT molecular complexity index is 1000. The molecule has 3 rings (SSSR count). The first-order valence-electron chi connectivity index (χ1n) is 8.87. The lowest BCUT2D eigenvalue weighted by atomic mass is 10.1. The van der Waals surface area contributed by atoms with Crippen LogP contribution in [0.25, 0.3) is 6.08 Å². The molecule has 0 saturated carbocycles. The molecule has 0 spiro atoms. The average molecular weight is 428 g/mol. The number of thioether (sulfide) groups is 1. The van der Waals surface area contributed by atoms with Gasteiger partial charge >= 0.3 is 0 Å². The molecule has 1 fully saturated rings. The summed E-state index contributed by atoms with van der Waals surface area (Å²) >= 11 is 0.768. The number of amides is 3. The second-order valence-corrected chi connectivity index (χ2v) is 7.12. The summed E-state index contributed by atoms with van der Waals surface area (Å²) < 4.78 is 15.7. The van der Waals surface area contributed by atoms with Gasteiger partial charge in [0, 0.05) is 11.3 Å². The number of imide groups is 1. The molecule has 1 saturated heterocycles. The third-order valence-corrected chi connectivity index (χ3v) is 5.18. The van der Waals surface area contributed by atoms with Gasteiger partial charge in [-0.25, -0.2) is 0 Å². The van der Waals surface area contributed by atoms with Gasteiger partial charge in [0.25, 0.3) is 11.1 Å². The summed E-state index contributed by atoms with van der Waals surface area (Å²) in [5.41, 5.74) is 1.12. The Balaban J connectivity index is 1.73. The fourth-order valence-electron chi connectivity index (χ4n) is 2.82. The number of para-hydroxylation sites is 1. The number of methoxy groups -OCH3 is 3. The maximum Gasteiger partial charge on any atom is 0.294 e. The first-order valence-corrected chi connectivity index (χ1v) is 9.68. The monoisotopic (exact) mass is 428 g/mol. The van der Waals surface area contributed by atoms with Crippen LogP contribution in [0.4, 0.5) is 10.5 Å². The molecule has 0 atom stereocenters. The number of hydrogen-bond acceptors (Lipinski definition) is 7. The summed E-state index contributed by atoms with van der Waals surface area (Å²) in [6.45, 7) is -0.386. The van der Waals surface area contributed by atoms with E-state index >= 15 is 0 Å². The number of anilines is 1. The third-order valence-electron chi connectivity index (χ3n) is 4.27. The molecule has 0 unspecified atom stereocenters. The van der Waals surface area contributed by atoms with Gasteiger partial charge in [-0.05, 0) is 48.2 Å². The fraction of sp³-hybridized carbons (Fsp3) is 0.190. The Morgan fingerprint density at radius 2 is 1.77 bits per heavy atom. The van der Waals surface area contributed by atoms with Crippen molar-refractivity contribution >= 4 is 40.6 Å². The third kappa shape index (κ3) is 4.57. The molecule has 30 heavy (non-hydrogen) atoms. The van der Waals surface area contributed by atoms with Crippen LogP contribution in [0, 0.1) is 0 Å². The minimum atomic E-state index is -0.542. The Morgan fingerprint density at radius 1 is 1.03 bits per heavy atom. The zero-order valence-electron chi connectivity index (χ0n) is 16.6. The first kappa shape index (κ1) is 21.3. The van der Waals surface area contributed by atoms with Gasteiger partial charge < -0.3 is 19.5 Å². The number of carbonyl (C=O) groups excluding carboxylic acids is 3. The minimum Gasteiger partial charge on any atom is -0.497 e. The van der Waals surface area contributed by atoms with Crippen molar-refractivity contribution in [1.29, 1.82) is 0 Å². The zero-order valence-corrected chi connectivity index (χ0v) is 17.4. The topological polar surface area (TPSA) is 94.2 Å². The van der Waals surface area contributed by atoms with Crippen LogP contribution in [0.5, 0.6) is 17.2 Å². The summed E-state index contributed by atoms with van der Waals surface area (Å²) in [5.74, 6) is 0.577. The lowest BCUT2D eigenvalue weighted by molar-refractivity contribution is -0.127. The molecular weight excluding hydrogens is 408 g/mol. The van der Waals surface area contributed by atoms with Crippen molar-refractivity contribution in [2.24, 2.45) is 0 Å². The lowest BCUT2D eigenvalue weighted by Crippen LogP contribution is -2.36. The SMILES string of the molecule is COc1ccc(NC(=O)CN2C(=O)S/C(=C/c3cccc(OC)c3OC)C2=O)cc1. The van der Waals surface area contributed by atoms with Crippen molar-refractivity contribution in [2.45, 2.75) is 0 Å². The maximum absolute atomic E-state index is 12.7. The number of hydrogen-bond donors (Lipinski definition) is 1. The average Bonchev–Trinajstić information content (AvgIpc) is 3.01. The van der Waals surface area contributed by atoms with Crippen LogP contribution in [0.15, 0.2) is 47.4 Å². The molecule has 0 bridgehead atoms.